The Labute approximate surface area is 554 Å². The molecule has 504 valence electrons. The summed E-state index contributed by atoms with van der Waals surface area (Å²) in [5, 5.41) is 64.0. The van der Waals surface area contributed by atoms with Crippen molar-refractivity contribution in [3.63, 3.8) is 0 Å². The van der Waals surface area contributed by atoms with Gasteiger partial charge < -0.3 is 25.8 Å². The van der Waals surface area contributed by atoms with Crippen molar-refractivity contribution in [1.29, 1.82) is 5.26 Å². The average Bonchev–Trinajstić information content (AvgIpc) is 1.59. The third-order valence-electron chi connectivity index (χ3n) is 12.6. The molecule has 34 nitrogen and oxygen atoms in total. The lowest BCUT2D eigenvalue weighted by Gasteiger charge is -2.14. The number of anilines is 3. The van der Waals surface area contributed by atoms with Crippen molar-refractivity contribution in [1.82, 2.24) is 9.38 Å². The molecule has 0 spiro atoms. The zero-order valence-corrected chi connectivity index (χ0v) is 56.2. The number of aromatic hydroxyl groups is 1. The number of hydrogen-bond donors (Lipinski definition) is 9. The van der Waals surface area contributed by atoms with Gasteiger partial charge in [-0.05, 0) is 105 Å². The van der Waals surface area contributed by atoms with Crippen LogP contribution in [0.4, 0.5) is 62.6 Å². The number of fused-ring (bicyclic) bond motifs is 3. The van der Waals surface area contributed by atoms with Gasteiger partial charge in [-0.1, -0.05) is 17.7 Å². The van der Waals surface area contributed by atoms with E-state index in [0.29, 0.717) is 5.56 Å². The molecular weight excluding hydrogens is 1410 g/mol. The molecule has 7 rings (SSSR count). The first-order chi connectivity index (χ1) is 44.3. The molecule has 0 unspecified atom stereocenters. The molecule has 0 bridgehead atoms. The molecule has 2 heterocycles. The number of carbonyl (C=O) groups is 3. The van der Waals surface area contributed by atoms with Gasteiger partial charge in [-0.3, -0.25) is 41.5 Å². The molecule has 95 heavy (non-hydrogen) atoms. The quantitative estimate of drug-likeness (QED) is 0.00952. The van der Waals surface area contributed by atoms with Crippen LogP contribution in [0, 0.1) is 25.2 Å². The number of carbonyl (C=O) groups excluding carboxylic acids is 3. The van der Waals surface area contributed by atoms with Gasteiger partial charge in [-0.25, -0.2) is 4.98 Å². The fraction of sp³-hybridized carbons (Fsp3) is 0.264. The summed E-state index contributed by atoms with van der Waals surface area (Å²) in [6, 6.07) is 15.3. The third kappa shape index (κ3) is 20.3. The minimum absolute atomic E-state index is 0.00670. The molecular formula is C53H53ClN14O20S7. The van der Waals surface area contributed by atoms with Crippen LogP contribution in [0.2, 0.25) is 5.02 Å². The number of hydrogen-bond acceptors (Lipinski definition) is 27. The summed E-state index contributed by atoms with van der Waals surface area (Å²) in [4.78, 5) is 41.7. The number of halogens is 1. The summed E-state index contributed by atoms with van der Waals surface area (Å²) in [6.07, 6.45) is -0.572. The van der Waals surface area contributed by atoms with Crippen LogP contribution in [0.5, 0.6) is 11.6 Å². The van der Waals surface area contributed by atoms with Gasteiger partial charge in [0.1, 0.15) is 61.3 Å². The van der Waals surface area contributed by atoms with Crippen molar-refractivity contribution in [3.8, 4) is 17.7 Å². The number of aromatic nitrogens is 2. The molecule has 0 aliphatic rings. The van der Waals surface area contributed by atoms with Gasteiger partial charge in [-0.15, -0.1) is 59.3 Å². The van der Waals surface area contributed by atoms with Crippen LogP contribution in [0.25, 0.3) is 16.7 Å². The van der Waals surface area contributed by atoms with Gasteiger partial charge >= 0.3 is 0 Å². The van der Waals surface area contributed by atoms with Gasteiger partial charge in [-0.2, -0.15) is 52.5 Å². The monoisotopic (exact) mass is 1460 g/mol. The summed E-state index contributed by atoms with van der Waals surface area (Å²) in [5.74, 6) is -5.23. The van der Waals surface area contributed by atoms with Gasteiger partial charge in [0.25, 0.3) is 50.6 Å². The van der Waals surface area contributed by atoms with Gasteiger partial charge in [0.2, 0.25) is 23.6 Å². The van der Waals surface area contributed by atoms with E-state index in [1.165, 1.54) is 43.3 Å². The number of ether oxygens (including phenoxy) is 1. The van der Waals surface area contributed by atoms with Crippen molar-refractivity contribution >= 4 is 183 Å². The topological polar surface area (TPSA) is 529 Å². The molecule has 0 saturated heterocycles. The maximum Gasteiger partial charge on any atom is 0.296 e. The number of benzene rings is 5. The zero-order chi connectivity index (χ0) is 70.1. The molecule has 5 aromatic carbocycles. The summed E-state index contributed by atoms with van der Waals surface area (Å²) >= 11 is 7.90. The van der Waals surface area contributed by atoms with Crippen LogP contribution in [0.1, 0.15) is 56.7 Å². The summed E-state index contributed by atoms with van der Waals surface area (Å²) < 4.78 is 175. The SMILES string of the molecule is CC(=O)Nc1cc(N=Nc2cc(SCCCS(=O)(=O)O)c(N=Nc3cc(OCCCS(=O)(=O)O)c(N=Nc4c(C)c(C#N)c5nc6c(C)ccc(S(=O)(=O)O)c6n5c4O)cc3NC(C)=O)cc2NC(C)=O)c(SCCCS(=O)(=O)O)cc1N=Nc1ccc(Cl)c(S(=O)(=O)O)c1. The van der Waals surface area contributed by atoms with Gasteiger partial charge in [0, 0.05) is 42.2 Å². The number of imidazole rings is 1. The number of nitrogens with one attached hydrogen (secondary N) is 3. The average molecular weight is 1470 g/mol. The summed E-state index contributed by atoms with van der Waals surface area (Å²) in [5.41, 5.74) is -2.11. The molecule has 3 amide bonds. The lowest BCUT2D eigenvalue weighted by Crippen LogP contribution is -2.09. The molecule has 0 atom stereocenters. The Bertz CT molecular complexity index is 5050. The van der Waals surface area contributed by atoms with E-state index >= 15 is 0 Å². The zero-order valence-electron chi connectivity index (χ0n) is 49.8. The maximum absolute atomic E-state index is 12.9. The van der Waals surface area contributed by atoms with Crippen LogP contribution in [0.15, 0.2) is 127 Å². The molecule has 0 fully saturated rings. The molecule has 0 aliphatic heterocycles. The highest BCUT2D eigenvalue weighted by atomic mass is 35.5. The van der Waals surface area contributed by atoms with E-state index in [9.17, 15) is 89.6 Å². The highest BCUT2D eigenvalue weighted by Gasteiger charge is 2.27. The first-order valence-electron chi connectivity index (χ1n) is 26.9. The number of thioether (sulfide) groups is 2. The van der Waals surface area contributed by atoms with Crippen molar-refractivity contribution < 1.29 is 89.1 Å². The van der Waals surface area contributed by atoms with Crippen LogP contribution in [0.3, 0.4) is 0 Å². The van der Waals surface area contributed by atoms with E-state index in [2.05, 4.69) is 61.8 Å². The Morgan fingerprint density at radius 1 is 0.589 bits per heavy atom. The second-order valence-corrected chi connectivity index (χ2v) is 30.2. The molecule has 0 radical (unpaired) electrons. The Balaban J connectivity index is 1.39. The second kappa shape index (κ2) is 30.5. The van der Waals surface area contributed by atoms with E-state index < -0.39 is 114 Å². The normalized spacial score (nSPS) is 12.6. The fourth-order valence-electron chi connectivity index (χ4n) is 8.50. The summed E-state index contributed by atoms with van der Waals surface area (Å²) in [7, 11) is -23.2. The number of pyridine rings is 1. The van der Waals surface area contributed by atoms with Crippen molar-refractivity contribution in [2.75, 3.05) is 51.3 Å². The number of amides is 3. The highest BCUT2D eigenvalue weighted by Crippen LogP contribution is 2.47. The predicted molar refractivity (Wildman–Crippen MR) is 349 cm³/mol. The molecule has 2 aromatic heterocycles. The fourth-order valence-corrected chi connectivity index (χ4v) is 13.9. The number of rotatable bonds is 28. The molecule has 7 aromatic rings. The van der Waals surface area contributed by atoms with E-state index in [-0.39, 0.29) is 136 Å². The molecule has 0 aliphatic carbocycles. The summed E-state index contributed by atoms with van der Waals surface area (Å²) in [6.45, 7) is 5.90. The second-order valence-electron chi connectivity index (χ2n) is 20.0. The third-order valence-corrected chi connectivity index (χ3v) is 19.5. The minimum Gasteiger partial charge on any atom is -0.493 e. The number of azo groups is 4. The van der Waals surface area contributed by atoms with Gasteiger partial charge in [0.05, 0.1) is 62.7 Å². The molecule has 0 saturated carbocycles. The lowest BCUT2D eigenvalue weighted by atomic mass is 10.1. The number of nitriles is 1. The van der Waals surface area contributed by atoms with Gasteiger partial charge in [0.15, 0.2) is 11.3 Å². The Hall–Kier alpha value is -8.51. The van der Waals surface area contributed by atoms with Crippen LogP contribution >= 0.6 is 35.1 Å². The largest absolute Gasteiger partial charge is 0.493 e. The van der Waals surface area contributed by atoms with Crippen molar-refractivity contribution in [2.24, 2.45) is 40.9 Å². The molecule has 9 N–H and O–H groups in total. The smallest absolute Gasteiger partial charge is 0.296 e. The van der Waals surface area contributed by atoms with Crippen molar-refractivity contribution in [2.45, 2.75) is 73.5 Å². The first-order valence-corrected chi connectivity index (χ1v) is 37.0. The van der Waals surface area contributed by atoms with Crippen LogP contribution < -0.4 is 20.7 Å². The Kier molecular flexibility index (Phi) is 23.7. The molecule has 42 heteroatoms. The lowest BCUT2D eigenvalue weighted by molar-refractivity contribution is -0.115. The van der Waals surface area contributed by atoms with Crippen LogP contribution in [-0.2, 0) is 65.0 Å². The minimum atomic E-state index is -4.98. The van der Waals surface area contributed by atoms with E-state index in [0.717, 1.165) is 79.0 Å². The Morgan fingerprint density at radius 3 is 1.52 bits per heavy atom. The number of aryl methyl sites for hydroxylation is 1. The predicted octanol–water partition coefficient (Wildman–Crippen LogP) is 11.8. The van der Waals surface area contributed by atoms with Crippen molar-refractivity contribution in [3.05, 3.63) is 88.4 Å². The highest BCUT2D eigenvalue weighted by molar-refractivity contribution is 7.99. The number of nitrogens with zero attached hydrogens (tertiary/aromatic N) is 11. The van der Waals surface area contributed by atoms with E-state index in [4.69, 9.17) is 16.3 Å². The maximum atomic E-state index is 12.9. The Morgan fingerprint density at radius 2 is 1.04 bits per heavy atom. The van der Waals surface area contributed by atoms with E-state index in [1.807, 2.05) is 6.07 Å². The first kappa shape index (κ1) is 73.9. The van der Waals surface area contributed by atoms with Crippen LogP contribution in [-0.4, -0.2) is 132 Å². The standard InChI is InChI=1S/C53H53ClN14O20S7/c1-27-9-12-47(94(82,83)84)51-49(27)59-52-33(26-55)28(2)50(53(72)68(51)52)67-64-41-20-35(56-29(3)69)38(23-44(41)88-13-6-16-91(73,74)75)62-65-42-22-37(58-31(5)71)40(25-46(42)90-15-8-18-93(79,80)81)63-66-43-21-36(57-30(4)70)39(24-45(43)89-14-7-17-92(76,77)78)61-60-32-10-11-34(54)48(19-32)95(85,86)87/h9-12,19-25,72H,6-8,13-18H2,1-5H3,(H,56,69)(H,57,70)(H,58,71)(H,73,74,75)(H,76,77,78)(H,79,80,81)(H,82,83,84)(H,85,86,87). The van der Waals surface area contributed by atoms with E-state index in [1.54, 1.807) is 6.92 Å².